The Morgan fingerprint density at radius 3 is 2.85 bits per heavy atom. The minimum Gasteiger partial charge on any atom is -0.389 e. The second kappa shape index (κ2) is 5.68. The summed E-state index contributed by atoms with van der Waals surface area (Å²) in [5.74, 6) is -0.624. The first-order valence-corrected chi connectivity index (χ1v) is 6.68. The summed E-state index contributed by atoms with van der Waals surface area (Å²) in [5.41, 5.74) is 6.18. The molecule has 3 N–H and O–H groups in total. The van der Waals surface area contributed by atoms with Crippen molar-refractivity contribution in [1.82, 2.24) is 9.78 Å². The quantitative estimate of drug-likeness (QED) is 0.827. The van der Waals surface area contributed by atoms with E-state index in [4.69, 9.17) is 18.0 Å². The Balaban J connectivity index is 2.30. The average Bonchev–Trinajstić information content (AvgIpc) is 2.74. The zero-order valence-corrected chi connectivity index (χ0v) is 12.8. The largest absolute Gasteiger partial charge is 0.389 e. The van der Waals surface area contributed by atoms with Crippen LogP contribution in [0.15, 0.2) is 28.9 Å². The van der Waals surface area contributed by atoms with E-state index in [0.717, 1.165) is 6.07 Å². The number of thiocarbonyl (C=S) groups is 1. The van der Waals surface area contributed by atoms with Gasteiger partial charge >= 0.3 is 0 Å². The van der Waals surface area contributed by atoms with Crippen LogP contribution in [0, 0.1) is 5.82 Å². The highest BCUT2D eigenvalue weighted by molar-refractivity contribution is 9.10. The van der Waals surface area contributed by atoms with Gasteiger partial charge in [0, 0.05) is 12.6 Å². The molecule has 0 atom stereocenters. The number of nitrogens with one attached hydrogen (secondary N) is 1. The Morgan fingerprint density at radius 2 is 2.25 bits per heavy atom. The molecule has 0 aliphatic carbocycles. The monoisotopic (exact) mass is 356 g/mol. The third-order valence-electron chi connectivity index (χ3n) is 2.62. The van der Waals surface area contributed by atoms with Gasteiger partial charge in [-0.1, -0.05) is 12.2 Å². The lowest BCUT2D eigenvalue weighted by Crippen LogP contribution is -2.19. The number of carbonyl (C=O) groups is 1. The van der Waals surface area contributed by atoms with Crippen LogP contribution in [0.1, 0.15) is 15.9 Å². The number of nitrogens with two attached hydrogens (primary N) is 1. The summed E-state index contributed by atoms with van der Waals surface area (Å²) < 4.78 is 15.1. The van der Waals surface area contributed by atoms with Gasteiger partial charge in [0.2, 0.25) is 0 Å². The fraction of sp³-hybridized carbons (Fsp3) is 0.0833. The smallest absolute Gasteiger partial charge is 0.256 e. The Morgan fingerprint density at radius 1 is 1.55 bits per heavy atom. The van der Waals surface area contributed by atoms with E-state index in [1.165, 1.54) is 23.0 Å². The Kier molecular flexibility index (Phi) is 4.15. The Hall–Kier alpha value is -1.80. The second-order valence-electron chi connectivity index (χ2n) is 3.98. The van der Waals surface area contributed by atoms with Crippen LogP contribution in [0.5, 0.6) is 0 Å². The predicted octanol–water partition coefficient (Wildman–Crippen LogP) is 2.21. The van der Waals surface area contributed by atoms with Crippen LogP contribution >= 0.6 is 28.1 Å². The molecule has 0 unspecified atom stereocenters. The summed E-state index contributed by atoms with van der Waals surface area (Å²) in [6.07, 6.45) is 1.46. The third-order valence-corrected chi connectivity index (χ3v) is 3.48. The number of benzene rings is 1. The molecule has 0 saturated heterocycles. The predicted molar refractivity (Wildman–Crippen MR) is 81.1 cm³/mol. The van der Waals surface area contributed by atoms with Crippen molar-refractivity contribution in [2.75, 3.05) is 5.32 Å². The molecule has 0 spiro atoms. The molecule has 1 amide bonds. The number of carbonyl (C=O) groups excluding carboxylic acids is 1. The van der Waals surface area contributed by atoms with Crippen molar-refractivity contribution >= 4 is 44.9 Å². The number of hydrogen-bond acceptors (Lipinski definition) is 3. The van der Waals surface area contributed by atoms with E-state index in [-0.39, 0.29) is 10.6 Å². The topological polar surface area (TPSA) is 72.9 Å². The molecule has 0 bridgehead atoms. The van der Waals surface area contributed by atoms with Gasteiger partial charge in [-0.3, -0.25) is 9.48 Å². The van der Waals surface area contributed by atoms with E-state index in [0.29, 0.717) is 15.9 Å². The van der Waals surface area contributed by atoms with Crippen molar-refractivity contribution in [2.24, 2.45) is 12.8 Å². The molecule has 2 aromatic rings. The summed E-state index contributed by atoms with van der Waals surface area (Å²) in [4.78, 5) is 12.2. The van der Waals surface area contributed by atoms with Gasteiger partial charge < -0.3 is 11.1 Å². The van der Waals surface area contributed by atoms with Gasteiger partial charge in [-0.15, -0.1) is 0 Å². The first-order chi connectivity index (χ1) is 9.40. The van der Waals surface area contributed by atoms with Crippen LogP contribution in [0.25, 0.3) is 0 Å². The lowest BCUT2D eigenvalue weighted by atomic mass is 10.2. The maximum absolute atomic E-state index is 13.4. The normalized spacial score (nSPS) is 10.3. The summed E-state index contributed by atoms with van der Waals surface area (Å²) >= 11 is 7.90. The van der Waals surface area contributed by atoms with Gasteiger partial charge in [-0.25, -0.2) is 4.39 Å². The zero-order chi connectivity index (χ0) is 14.9. The van der Waals surface area contributed by atoms with Crippen LogP contribution in [0.2, 0.25) is 0 Å². The van der Waals surface area contributed by atoms with Gasteiger partial charge in [0.05, 0.1) is 16.2 Å². The Bertz CT molecular complexity index is 701. The fourth-order valence-electron chi connectivity index (χ4n) is 1.58. The highest BCUT2D eigenvalue weighted by Crippen LogP contribution is 2.19. The van der Waals surface area contributed by atoms with Crippen molar-refractivity contribution in [3.8, 4) is 0 Å². The van der Waals surface area contributed by atoms with Crippen LogP contribution in [-0.2, 0) is 7.05 Å². The Labute approximate surface area is 128 Å². The first-order valence-electron chi connectivity index (χ1n) is 5.48. The molecule has 8 heteroatoms. The molecule has 1 heterocycles. The lowest BCUT2D eigenvalue weighted by molar-refractivity contribution is 0.102. The summed E-state index contributed by atoms with van der Waals surface area (Å²) in [5, 5.41) is 6.58. The van der Waals surface area contributed by atoms with Crippen molar-refractivity contribution in [3.63, 3.8) is 0 Å². The van der Waals surface area contributed by atoms with Gasteiger partial charge in [0.1, 0.15) is 16.6 Å². The van der Waals surface area contributed by atoms with E-state index < -0.39 is 11.7 Å². The third kappa shape index (κ3) is 2.86. The molecule has 1 aromatic heterocycles. The summed E-state index contributed by atoms with van der Waals surface area (Å²) in [6.45, 7) is 0. The molecular formula is C12H10BrFN4OS. The van der Waals surface area contributed by atoms with Crippen LogP contribution in [0.4, 0.5) is 10.2 Å². The molecule has 0 radical (unpaired) electrons. The molecule has 2 rings (SSSR count). The van der Waals surface area contributed by atoms with Crippen molar-refractivity contribution in [1.29, 1.82) is 0 Å². The number of aromatic nitrogens is 2. The molecular weight excluding hydrogens is 347 g/mol. The number of hydrogen-bond donors (Lipinski definition) is 2. The van der Waals surface area contributed by atoms with Gasteiger partial charge in [-0.05, 0) is 34.1 Å². The van der Waals surface area contributed by atoms with Crippen molar-refractivity contribution < 1.29 is 9.18 Å². The maximum atomic E-state index is 13.4. The number of rotatable bonds is 3. The lowest BCUT2D eigenvalue weighted by Gasteiger charge is -2.08. The number of nitrogens with zero attached hydrogens (tertiary/aromatic N) is 2. The highest BCUT2D eigenvalue weighted by atomic mass is 79.9. The van der Waals surface area contributed by atoms with E-state index in [9.17, 15) is 9.18 Å². The number of amides is 1. The van der Waals surface area contributed by atoms with Crippen molar-refractivity contribution in [2.45, 2.75) is 0 Å². The first kappa shape index (κ1) is 14.6. The van der Waals surface area contributed by atoms with Crippen LogP contribution in [-0.4, -0.2) is 20.7 Å². The van der Waals surface area contributed by atoms with Gasteiger partial charge in [0.15, 0.2) is 0 Å². The van der Waals surface area contributed by atoms with Gasteiger partial charge in [0.25, 0.3) is 5.91 Å². The zero-order valence-electron chi connectivity index (χ0n) is 10.4. The number of halogens is 2. The summed E-state index contributed by atoms with van der Waals surface area (Å²) in [7, 11) is 1.64. The molecule has 0 fully saturated rings. The molecule has 0 saturated carbocycles. The minimum absolute atomic E-state index is 0.121. The number of aryl methyl sites for hydroxylation is 1. The summed E-state index contributed by atoms with van der Waals surface area (Å²) in [6, 6.07) is 4.09. The SMILES string of the molecule is Cn1ncc(C(N)=S)c1NC(=O)c1ccc(Br)c(F)c1. The minimum atomic E-state index is -0.516. The molecule has 0 aliphatic heterocycles. The fourth-order valence-corrected chi connectivity index (χ4v) is 1.98. The molecule has 5 nitrogen and oxygen atoms in total. The molecule has 1 aromatic carbocycles. The average molecular weight is 357 g/mol. The van der Waals surface area contributed by atoms with E-state index in [1.807, 2.05) is 0 Å². The van der Waals surface area contributed by atoms with E-state index in [2.05, 4.69) is 26.3 Å². The van der Waals surface area contributed by atoms with E-state index in [1.54, 1.807) is 7.05 Å². The van der Waals surface area contributed by atoms with Crippen molar-refractivity contribution in [3.05, 3.63) is 45.8 Å². The maximum Gasteiger partial charge on any atom is 0.256 e. The van der Waals surface area contributed by atoms with Gasteiger partial charge in [-0.2, -0.15) is 5.10 Å². The number of anilines is 1. The molecule has 20 heavy (non-hydrogen) atoms. The molecule has 104 valence electrons. The standard InChI is InChI=1S/C12H10BrFN4OS/c1-18-11(7(5-16-18)10(15)20)17-12(19)6-2-3-8(13)9(14)4-6/h2-5H,1H3,(H2,15,20)(H,17,19). The van der Waals surface area contributed by atoms with Crippen LogP contribution < -0.4 is 11.1 Å². The highest BCUT2D eigenvalue weighted by Gasteiger charge is 2.15. The van der Waals surface area contributed by atoms with Crippen LogP contribution in [0.3, 0.4) is 0 Å². The second-order valence-corrected chi connectivity index (χ2v) is 5.27. The molecule has 0 aliphatic rings. The van der Waals surface area contributed by atoms with E-state index >= 15 is 0 Å².